The molecule has 7 heteroatoms. The number of nitrogens with zero attached hydrogens (tertiary/aromatic N) is 1. The Balaban J connectivity index is 0.00000196. The Morgan fingerprint density at radius 2 is 1.87 bits per heavy atom. The zero-order valence-corrected chi connectivity index (χ0v) is 11.5. The van der Waals surface area contributed by atoms with Crippen molar-refractivity contribution < 1.29 is 43.2 Å². The van der Waals surface area contributed by atoms with Gasteiger partial charge < -0.3 is 4.55 Å². The van der Waals surface area contributed by atoms with Gasteiger partial charge in [0.2, 0.25) is 0 Å². The Bertz CT molecular complexity index is 421. The average Bonchev–Trinajstić information content (AvgIpc) is 2.08. The van der Waals surface area contributed by atoms with Crippen LogP contribution in [0.25, 0.3) is 0 Å². The molecule has 0 heterocycles. The van der Waals surface area contributed by atoms with Crippen LogP contribution >= 0.6 is 0 Å². The first-order valence-electron chi connectivity index (χ1n) is 3.78. The van der Waals surface area contributed by atoms with Crippen LogP contribution in [0.15, 0.2) is 17.0 Å². The number of benzene rings is 1. The number of aryl methyl sites for hydroxylation is 1. The Morgan fingerprint density at radius 1 is 1.33 bits per heavy atom. The van der Waals surface area contributed by atoms with Gasteiger partial charge in [0, 0.05) is 16.5 Å². The van der Waals surface area contributed by atoms with Crippen molar-refractivity contribution in [3.8, 4) is 0 Å². The van der Waals surface area contributed by atoms with Crippen molar-refractivity contribution in [3.63, 3.8) is 0 Å². The van der Waals surface area contributed by atoms with Crippen LogP contribution in [0.1, 0.15) is 11.1 Å². The molecule has 1 atom stereocenters. The van der Waals surface area contributed by atoms with E-state index in [1.165, 1.54) is 6.07 Å². The molecule has 0 saturated carbocycles. The summed E-state index contributed by atoms with van der Waals surface area (Å²) in [5.41, 5.74) is 0.923. The zero-order valence-electron chi connectivity index (χ0n) is 8.64. The Kier molecular flexibility index (Phi) is 5.61. The standard InChI is InChI=1S/C8H9NO4S.Na/c1-5-3-7(14(12)13)4-8(6(5)2)9(10)11;/h3-4H,1-2H3,(H,12,13);/q;+1/p-1. The summed E-state index contributed by atoms with van der Waals surface area (Å²) in [5.74, 6) is 0. The molecule has 0 fully saturated rings. The molecule has 5 nitrogen and oxygen atoms in total. The maximum absolute atomic E-state index is 10.6. The Morgan fingerprint density at radius 3 is 2.27 bits per heavy atom. The molecule has 0 aliphatic rings. The third-order valence-electron chi connectivity index (χ3n) is 2.00. The zero-order chi connectivity index (χ0) is 10.9. The number of hydrogen-bond acceptors (Lipinski definition) is 4. The van der Waals surface area contributed by atoms with E-state index in [-0.39, 0.29) is 40.1 Å². The summed E-state index contributed by atoms with van der Waals surface area (Å²) in [7, 11) is 0. The van der Waals surface area contributed by atoms with Gasteiger partial charge in [0.05, 0.1) is 4.92 Å². The fourth-order valence-electron chi connectivity index (χ4n) is 1.09. The molecule has 0 N–H and O–H groups in total. The van der Waals surface area contributed by atoms with Crippen molar-refractivity contribution in [2.24, 2.45) is 0 Å². The van der Waals surface area contributed by atoms with E-state index in [0.717, 1.165) is 6.07 Å². The van der Waals surface area contributed by atoms with E-state index in [4.69, 9.17) is 0 Å². The van der Waals surface area contributed by atoms with Gasteiger partial charge in [0.15, 0.2) is 0 Å². The molecule has 0 radical (unpaired) electrons. The topological polar surface area (TPSA) is 83.3 Å². The van der Waals surface area contributed by atoms with E-state index in [1.807, 2.05) is 0 Å². The maximum atomic E-state index is 10.6. The molecule has 0 spiro atoms. The third-order valence-corrected chi connectivity index (χ3v) is 2.62. The summed E-state index contributed by atoms with van der Waals surface area (Å²) < 4.78 is 21.2. The van der Waals surface area contributed by atoms with E-state index >= 15 is 0 Å². The van der Waals surface area contributed by atoms with Gasteiger partial charge in [-0.25, -0.2) is 0 Å². The molecule has 0 bridgehead atoms. The summed E-state index contributed by atoms with van der Waals surface area (Å²) in [6.07, 6.45) is 0. The second-order valence-electron chi connectivity index (χ2n) is 2.88. The molecule has 0 aliphatic carbocycles. The third kappa shape index (κ3) is 3.35. The quantitative estimate of drug-likeness (QED) is 0.270. The first-order valence-corrected chi connectivity index (χ1v) is 4.86. The van der Waals surface area contributed by atoms with Crippen molar-refractivity contribution in [3.05, 3.63) is 33.4 Å². The number of rotatable bonds is 2. The fourth-order valence-corrected chi connectivity index (χ4v) is 1.58. The van der Waals surface area contributed by atoms with Gasteiger partial charge in [-0.1, -0.05) is 0 Å². The van der Waals surface area contributed by atoms with Crippen molar-refractivity contribution in [2.45, 2.75) is 18.7 Å². The van der Waals surface area contributed by atoms with Gasteiger partial charge in [0.25, 0.3) is 5.69 Å². The predicted molar refractivity (Wildman–Crippen MR) is 49.8 cm³/mol. The van der Waals surface area contributed by atoms with Crippen LogP contribution in [0.2, 0.25) is 0 Å². The van der Waals surface area contributed by atoms with Gasteiger partial charge >= 0.3 is 29.6 Å². The minimum absolute atomic E-state index is 0. The van der Waals surface area contributed by atoms with Crippen LogP contribution in [-0.2, 0) is 11.1 Å². The predicted octanol–water partition coefficient (Wildman–Crippen LogP) is -1.55. The van der Waals surface area contributed by atoms with Gasteiger partial charge in [-0.3, -0.25) is 14.3 Å². The molecule has 15 heavy (non-hydrogen) atoms. The number of hydrogen-bond donors (Lipinski definition) is 0. The molecular weight excluding hydrogens is 229 g/mol. The SMILES string of the molecule is Cc1cc(S(=O)[O-])cc([N+](=O)[O-])c1C.[Na+]. The molecular formula is C8H8NNaO4S. The molecule has 0 aromatic heterocycles. The van der Waals surface area contributed by atoms with Crippen LogP contribution in [-0.4, -0.2) is 13.7 Å². The maximum Gasteiger partial charge on any atom is 1.00 e. The van der Waals surface area contributed by atoms with Crippen LogP contribution in [0, 0.1) is 24.0 Å². The Labute approximate surface area is 112 Å². The largest absolute Gasteiger partial charge is 1.00 e. The second-order valence-corrected chi connectivity index (χ2v) is 3.82. The van der Waals surface area contributed by atoms with Crippen LogP contribution in [0.5, 0.6) is 0 Å². The van der Waals surface area contributed by atoms with Gasteiger partial charge in [-0.05, 0) is 36.6 Å². The molecule has 1 aromatic rings. The molecule has 76 valence electrons. The van der Waals surface area contributed by atoms with E-state index in [9.17, 15) is 18.9 Å². The summed E-state index contributed by atoms with van der Waals surface area (Å²) in [6, 6.07) is 2.47. The van der Waals surface area contributed by atoms with E-state index in [1.54, 1.807) is 13.8 Å². The minimum Gasteiger partial charge on any atom is -0.768 e. The van der Waals surface area contributed by atoms with Crippen molar-refractivity contribution in [1.29, 1.82) is 0 Å². The average molecular weight is 237 g/mol. The van der Waals surface area contributed by atoms with Crippen LogP contribution in [0.4, 0.5) is 5.69 Å². The molecule has 1 unspecified atom stereocenters. The molecule has 0 saturated heterocycles. The fraction of sp³-hybridized carbons (Fsp3) is 0.250. The first kappa shape index (κ1) is 14.7. The van der Waals surface area contributed by atoms with Gasteiger partial charge in [-0.2, -0.15) is 0 Å². The van der Waals surface area contributed by atoms with Crippen LogP contribution < -0.4 is 29.6 Å². The van der Waals surface area contributed by atoms with E-state index in [0.29, 0.717) is 11.1 Å². The van der Waals surface area contributed by atoms with E-state index in [2.05, 4.69) is 0 Å². The van der Waals surface area contributed by atoms with Gasteiger partial charge in [0.1, 0.15) is 0 Å². The summed E-state index contributed by atoms with van der Waals surface area (Å²) in [4.78, 5) is 9.91. The van der Waals surface area contributed by atoms with Crippen molar-refractivity contribution >= 4 is 16.8 Å². The summed E-state index contributed by atoms with van der Waals surface area (Å²) in [5, 5.41) is 10.6. The monoisotopic (exact) mass is 237 g/mol. The number of nitro groups is 1. The minimum atomic E-state index is -2.43. The number of nitro benzene ring substituents is 1. The van der Waals surface area contributed by atoms with Crippen molar-refractivity contribution in [1.82, 2.24) is 0 Å². The second kappa shape index (κ2) is 5.72. The van der Waals surface area contributed by atoms with Crippen molar-refractivity contribution in [2.75, 3.05) is 0 Å². The van der Waals surface area contributed by atoms with Crippen LogP contribution in [0.3, 0.4) is 0 Å². The molecule has 1 rings (SSSR count). The summed E-state index contributed by atoms with van der Waals surface area (Å²) in [6.45, 7) is 3.23. The smallest absolute Gasteiger partial charge is 0.768 e. The first-order chi connectivity index (χ1) is 6.43. The van der Waals surface area contributed by atoms with E-state index < -0.39 is 16.0 Å². The molecule has 1 aromatic carbocycles. The normalized spacial score (nSPS) is 11.7. The molecule has 0 aliphatic heterocycles. The Hall–Kier alpha value is -0.270. The molecule has 0 amide bonds. The summed E-state index contributed by atoms with van der Waals surface area (Å²) >= 11 is -2.43. The van der Waals surface area contributed by atoms with Gasteiger partial charge in [-0.15, -0.1) is 0 Å².